The van der Waals surface area contributed by atoms with Gasteiger partial charge >= 0.3 is 52.5 Å². The van der Waals surface area contributed by atoms with E-state index in [0.717, 1.165) is 5.92 Å². The van der Waals surface area contributed by atoms with Crippen LogP contribution in [0.15, 0.2) is 12.2 Å². The van der Waals surface area contributed by atoms with Gasteiger partial charge in [-0.1, -0.05) is 6.08 Å². The van der Waals surface area contributed by atoms with Crippen LogP contribution in [0.1, 0.15) is 13.8 Å². The van der Waals surface area contributed by atoms with Crippen LogP contribution in [-0.2, 0) is 24.3 Å². The maximum Gasteiger partial charge on any atom is 2.00 e. The summed E-state index contributed by atoms with van der Waals surface area (Å²) in [5.41, 5.74) is 0. The predicted octanol–water partition coefficient (Wildman–Crippen LogP) is 6.42. The predicted molar refractivity (Wildman–Crippen MR) is 96.9 cm³/mol. The van der Waals surface area contributed by atoms with Gasteiger partial charge in [0.15, 0.2) is 0 Å². The molecule has 0 aromatic rings. The average molecular weight is 514 g/mol. The summed E-state index contributed by atoms with van der Waals surface area (Å²) in [5.74, 6) is 1.19. The number of rotatable bonds is 3. The largest absolute Gasteiger partial charge is 2.00 e. The summed E-state index contributed by atoms with van der Waals surface area (Å²) in [6.45, 7) is 3.87. The van der Waals surface area contributed by atoms with Gasteiger partial charge in [0.1, 0.15) is 0 Å². The van der Waals surface area contributed by atoms with Crippen LogP contribution >= 0.6 is 7.81 Å². The van der Waals surface area contributed by atoms with Gasteiger partial charge < -0.3 is 4.90 Å². The molecule has 11 radical (unpaired) electrons. The minimum Gasteiger partial charge on any atom is -0.0312 e. The van der Waals surface area contributed by atoms with Crippen molar-refractivity contribution in [1.29, 1.82) is 0 Å². The Labute approximate surface area is 177 Å². The fourth-order valence-electron chi connectivity index (χ4n) is 1.73. The first-order valence-electron chi connectivity index (χ1n) is 7.79. The smallest absolute Gasteiger partial charge is 0.0312 e. The first-order valence-corrected chi connectivity index (χ1v) is 9.82. The Morgan fingerprint density at radius 1 is 0.893 bits per heavy atom. The summed E-state index contributed by atoms with van der Waals surface area (Å²) in [6.07, 6.45) is 23.4. The van der Waals surface area contributed by atoms with Gasteiger partial charge in [0.25, 0.3) is 0 Å². The minimum atomic E-state index is -10.7. The zero-order chi connectivity index (χ0) is 21.2. The molecule has 0 saturated heterocycles. The van der Waals surface area contributed by atoms with Crippen molar-refractivity contribution in [3.05, 3.63) is 82.3 Å². The minimum absolute atomic E-state index is 0. The van der Waals surface area contributed by atoms with E-state index in [-0.39, 0.29) is 31.4 Å². The van der Waals surface area contributed by atoms with Gasteiger partial charge in [-0.25, -0.2) is 0 Å². The Morgan fingerprint density at radius 3 is 1.54 bits per heavy atom. The molecular formula is C18H22F6NOPRu+. The molecule has 0 aromatic heterocycles. The van der Waals surface area contributed by atoms with Crippen LogP contribution in [0.2, 0.25) is 0 Å². The maximum absolute atomic E-state index is 11.6. The molecule has 2 saturated carbocycles. The Morgan fingerprint density at radius 2 is 1.21 bits per heavy atom. The summed E-state index contributed by atoms with van der Waals surface area (Å²) in [7, 11) is -8.84. The molecule has 2 aliphatic rings. The first-order chi connectivity index (χ1) is 12.1. The molecule has 1 amide bonds. The molecule has 2 rings (SSSR count). The Bertz CT molecular complexity index is 454. The van der Waals surface area contributed by atoms with E-state index in [0.29, 0.717) is 0 Å². The molecule has 2 aliphatic carbocycles. The molecule has 0 spiro atoms. The van der Waals surface area contributed by atoms with E-state index in [1.165, 1.54) is 0 Å². The summed E-state index contributed by atoms with van der Waals surface area (Å²) in [5, 5.41) is 0. The van der Waals surface area contributed by atoms with E-state index < -0.39 is 7.81 Å². The number of allylic oxidation sites excluding steroid dienone is 1. The van der Waals surface area contributed by atoms with Crippen LogP contribution in [0.25, 0.3) is 0 Å². The number of hydrogen-bond donors (Lipinski definition) is 0. The van der Waals surface area contributed by atoms with Crippen LogP contribution in [0, 0.1) is 70.1 Å². The second kappa shape index (κ2) is 11.9. The molecule has 28 heavy (non-hydrogen) atoms. The number of amides is 1. The molecule has 2 nitrogen and oxygen atoms in total. The Hall–Kier alpha value is -0.157. The monoisotopic (exact) mass is 515 g/mol. The summed E-state index contributed by atoms with van der Waals surface area (Å²) in [4.78, 5) is 13.3. The van der Waals surface area contributed by atoms with Crippen LogP contribution in [0.4, 0.5) is 25.2 Å². The van der Waals surface area contributed by atoms with Crippen LogP contribution in [0.3, 0.4) is 0 Å². The Balaban J connectivity index is 0. The zero-order valence-electron chi connectivity index (χ0n) is 15.4. The standard InChI is InChI=1S/C13H17NO.C5H5.F6P.Ru/c1-4-8-13(15)14(3)11(2)12-9-6-5-7-10-12;1-2-4-5-3-1;1-7(2,3,4,5)6;/h4-11H,1-3H3;1-5H;;/q;;-1;+2/b8-4+;;;/t11-;;;/m0.../s1. The molecule has 159 valence electrons. The second-order valence-electron chi connectivity index (χ2n) is 5.46. The van der Waals surface area contributed by atoms with E-state index in [9.17, 15) is 30.0 Å². The van der Waals surface area contributed by atoms with Gasteiger partial charge in [-0.15, -0.1) is 0 Å². The van der Waals surface area contributed by atoms with Crippen LogP contribution < -0.4 is 0 Å². The van der Waals surface area contributed by atoms with Gasteiger partial charge in [-0.3, -0.25) is 4.79 Å². The van der Waals surface area contributed by atoms with Crippen LogP contribution in [0.5, 0.6) is 0 Å². The fourth-order valence-corrected chi connectivity index (χ4v) is 1.73. The summed E-state index contributed by atoms with van der Waals surface area (Å²) >= 11 is 0. The molecule has 10 heteroatoms. The molecular weight excluding hydrogens is 492 g/mol. The number of carbonyl (C=O) groups excluding carboxylic acids is 1. The van der Waals surface area contributed by atoms with E-state index in [2.05, 4.69) is 0 Å². The molecule has 0 unspecified atom stereocenters. The molecule has 0 heterocycles. The van der Waals surface area contributed by atoms with Crippen molar-refractivity contribution in [2.45, 2.75) is 19.9 Å². The van der Waals surface area contributed by atoms with Crippen molar-refractivity contribution >= 4 is 13.7 Å². The van der Waals surface area contributed by atoms with Gasteiger partial charge in [-0.2, -0.15) is 0 Å². The molecule has 2 fully saturated rings. The van der Waals surface area contributed by atoms with E-state index >= 15 is 0 Å². The molecule has 1 atom stereocenters. The quantitative estimate of drug-likeness (QED) is 0.184. The normalized spacial score (nSPS) is 21.0. The number of nitrogens with zero attached hydrogens (tertiary/aromatic N) is 1. The van der Waals surface area contributed by atoms with Crippen molar-refractivity contribution in [3.63, 3.8) is 0 Å². The van der Waals surface area contributed by atoms with Gasteiger partial charge in [-0.05, 0) is 84.1 Å². The zero-order valence-corrected chi connectivity index (χ0v) is 18.1. The molecule has 0 aliphatic heterocycles. The summed E-state index contributed by atoms with van der Waals surface area (Å²) in [6, 6.07) is 0.106. The van der Waals surface area contributed by atoms with Crippen molar-refractivity contribution in [2.24, 2.45) is 0 Å². The SMILES string of the molecule is C/C=C/C(=O)N(C)[C@@H](C)[C]1[CH][CH][CH][CH][CH]1.F[P-](F)(F)(F)(F)F.[CH]1[CH][CH][CH][CH]1.[Ru+2]. The third-order valence-corrected chi connectivity index (χ3v) is 3.08. The van der Waals surface area contributed by atoms with Gasteiger partial charge in [0, 0.05) is 19.0 Å². The van der Waals surface area contributed by atoms with E-state index in [4.69, 9.17) is 0 Å². The van der Waals surface area contributed by atoms with Gasteiger partial charge in [0.05, 0.1) is 0 Å². The molecule has 0 N–H and O–H groups in total. The maximum atomic E-state index is 11.6. The van der Waals surface area contributed by atoms with E-state index in [1.54, 1.807) is 17.1 Å². The average Bonchev–Trinajstić information content (AvgIpc) is 3.11. The first kappa shape index (κ1) is 30.0. The second-order valence-corrected chi connectivity index (χ2v) is 7.37. The molecule has 0 bridgehead atoms. The van der Waals surface area contributed by atoms with Crippen molar-refractivity contribution < 1.29 is 49.5 Å². The van der Waals surface area contributed by atoms with Crippen molar-refractivity contribution in [3.8, 4) is 0 Å². The number of hydrogen-bond acceptors (Lipinski definition) is 1. The van der Waals surface area contributed by atoms with Gasteiger partial charge in [0.2, 0.25) is 5.91 Å². The Kier molecular flexibility index (Phi) is 12.7. The van der Waals surface area contributed by atoms with Crippen LogP contribution in [-0.4, -0.2) is 23.9 Å². The molecule has 0 aromatic carbocycles. The summed E-state index contributed by atoms with van der Waals surface area (Å²) < 4.78 is 59.2. The number of carbonyl (C=O) groups is 1. The third-order valence-electron chi connectivity index (χ3n) is 3.08. The number of halogens is 6. The third kappa shape index (κ3) is 20.6. The number of likely N-dealkylation sites (N-methyl/N-ethyl adjacent to an activating group) is 1. The van der Waals surface area contributed by atoms with E-state index in [1.807, 2.05) is 85.1 Å². The fraction of sp³-hybridized carbons (Fsp3) is 0.222. The van der Waals surface area contributed by atoms with Crippen molar-refractivity contribution in [2.75, 3.05) is 7.05 Å². The van der Waals surface area contributed by atoms with Crippen molar-refractivity contribution in [1.82, 2.24) is 4.90 Å². The topological polar surface area (TPSA) is 20.3 Å².